The van der Waals surface area contributed by atoms with E-state index >= 15 is 0 Å². The molecule has 2 aromatic rings. The van der Waals surface area contributed by atoms with Crippen LogP contribution < -0.4 is 5.32 Å². The molecule has 2 aliphatic rings. The van der Waals surface area contributed by atoms with Gasteiger partial charge < -0.3 is 5.32 Å². The molecular formula is C20H30N6O. The van der Waals surface area contributed by atoms with Crippen LogP contribution in [0.5, 0.6) is 0 Å². The Morgan fingerprint density at radius 1 is 1.19 bits per heavy atom. The molecule has 4 rings (SSSR count). The van der Waals surface area contributed by atoms with Crippen LogP contribution in [0.3, 0.4) is 0 Å². The molecule has 0 atom stereocenters. The van der Waals surface area contributed by atoms with Crippen LogP contribution in [0.2, 0.25) is 0 Å². The largest absolute Gasteiger partial charge is 0.345 e. The maximum atomic E-state index is 12.4. The summed E-state index contributed by atoms with van der Waals surface area (Å²) >= 11 is 0. The molecule has 1 aliphatic heterocycles. The molecule has 0 saturated heterocycles. The van der Waals surface area contributed by atoms with Gasteiger partial charge in [-0.15, -0.1) is 0 Å². The van der Waals surface area contributed by atoms with Gasteiger partial charge >= 0.3 is 0 Å². The summed E-state index contributed by atoms with van der Waals surface area (Å²) in [6.07, 6.45) is 6.79. The summed E-state index contributed by atoms with van der Waals surface area (Å²) in [5, 5.41) is 12.0. The second kappa shape index (κ2) is 7.84. The zero-order valence-electron chi connectivity index (χ0n) is 16.4. The fraction of sp³-hybridized carbons (Fsp3) is 0.650. The standard InChI is InChI=1S/C20H30N6O/c1-3-25-15(2)11-19(23-25)20(27)21-13-16-12-18-14-24(9-10-26(18)22-16)17-7-5-4-6-8-17/h11-12,17H,3-10,13-14H2,1-2H3,(H,21,27). The molecule has 0 radical (unpaired) electrons. The zero-order valence-corrected chi connectivity index (χ0v) is 16.4. The first-order chi connectivity index (χ1) is 13.1. The summed E-state index contributed by atoms with van der Waals surface area (Å²) < 4.78 is 3.95. The molecule has 7 nitrogen and oxygen atoms in total. The molecule has 3 heterocycles. The van der Waals surface area contributed by atoms with E-state index < -0.39 is 0 Å². The first-order valence-corrected chi connectivity index (χ1v) is 10.3. The number of carbonyl (C=O) groups excluding carboxylic acids is 1. The number of rotatable bonds is 5. The lowest BCUT2D eigenvalue weighted by molar-refractivity contribution is 0.0944. The number of fused-ring (bicyclic) bond motifs is 1. The number of nitrogens with one attached hydrogen (secondary N) is 1. The molecule has 1 fully saturated rings. The SMILES string of the molecule is CCn1nc(C(=O)NCc2cc3n(n2)CCN(C2CCCCC2)C3)cc1C. The maximum Gasteiger partial charge on any atom is 0.272 e. The molecule has 1 aliphatic carbocycles. The fourth-order valence-corrected chi connectivity index (χ4v) is 4.39. The quantitative estimate of drug-likeness (QED) is 0.878. The van der Waals surface area contributed by atoms with Gasteiger partial charge in [-0.25, -0.2) is 0 Å². The maximum absolute atomic E-state index is 12.4. The Hall–Kier alpha value is -2.15. The summed E-state index contributed by atoms with van der Waals surface area (Å²) in [6, 6.07) is 4.71. The molecule has 2 aromatic heterocycles. The number of nitrogens with zero attached hydrogens (tertiary/aromatic N) is 5. The average molecular weight is 371 g/mol. The number of hydrogen-bond donors (Lipinski definition) is 1. The molecule has 1 amide bonds. The van der Waals surface area contributed by atoms with Crippen LogP contribution in [0.1, 0.15) is 66.6 Å². The van der Waals surface area contributed by atoms with Crippen molar-refractivity contribution in [1.82, 2.24) is 29.8 Å². The zero-order chi connectivity index (χ0) is 18.8. The Morgan fingerprint density at radius 3 is 2.74 bits per heavy atom. The number of amides is 1. The van der Waals surface area contributed by atoms with Gasteiger partial charge in [0, 0.05) is 31.4 Å². The molecule has 27 heavy (non-hydrogen) atoms. The lowest BCUT2D eigenvalue weighted by Crippen LogP contribution is -2.42. The minimum Gasteiger partial charge on any atom is -0.345 e. The van der Waals surface area contributed by atoms with Crippen molar-refractivity contribution < 1.29 is 4.79 Å². The highest BCUT2D eigenvalue weighted by atomic mass is 16.1. The number of aryl methyl sites for hydroxylation is 2. The Bertz CT molecular complexity index is 801. The molecule has 0 unspecified atom stereocenters. The van der Waals surface area contributed by atoms with Crippen molar-refractivity contribution in [2.45, 2.75) is 78.2 Å². The lowest BCUT2D eigenvalue weighted by atomic mass is 9.94. The number of hydrogen-bond acceptors (Lipinski definition) is 4. The van der Waals surface area contributed by atoms with E-state index in [2.05, 4.69) is 31.2 Å². The van der Waals surface area contributed by atoms with E-state index in [0.717, 1.165) is 43.6 Å². The third-order valence-electron chi connectivity index (χ3n) is 5.91. The van der Waals surface area contributed by atoms with E-state index in [-0.39, 0.29) is 5.91 Å². The second-order valence-corrected chi connectivity index (χ2v) is 7.78. The molecule has 1 saturated carbocycles. The van der Waals surface area contributed by atoms with Gasteiger partial charge in [-0.05, 0) is 38.8 Å². The molecule has 7 heteroatoms. The highest BCUT2D eigenvalue weighted by Gasteiger charge is 2.26. The Morgan fingerprint density at radius 2 is 2.00 bits per heavy atom. The van der Waals surface area contributed by atoms with Crippen molar-refractivity contribution in [3.63, 3.8) is 0 Å². The van der Waals surface area contributed by atoms with Crippen molar-refractivity contribution in [3.05, 3.63) is 34.9 Å². The van der Waals surface area contributed by atoms with Gasteiger partial charge in [-0.2, -0.15) is 10.2 Å². The fourth-order valence-electron chi connectivity index (χ4n) is 4.39. The van der Waals surface area contributed by atoms with Crippen molar-refractivity contribution >= 4 is 5.91 Å². The van der Waals surface area contributed by atoms with E-state index in [1.54, 1.807) is 0 Å². The van der Waals surface area contributed by atoms with Gasteiger partial charge in [-0.3, -0.25) is 19.1 Å². The predicted octanol–water partition coefficient (Wildman–Crippen LogP) is 2.49. The number of aromatic nitrogens is 4. The van der Waals surface area contributed by atoms with Crippen LogP contribution in [-0.2, 0) is 26.2 Å². The molecule has 0 aromatic carbocycles. The van der Waals surface area contributed by atoms with E-state index in [4.69, 9.17) is 0 Å². The third-order valence-corrected chi connectivity index (χ3v) is 5.91. The van der Waals surface area contributed by atoms with E-state index in [9.17, 15) is 4.79 Å². The third kappa shape index (κ3) is 3.93. The molecule has 0 spiro atoms. The lowest BCUT2D eigenvalue weighted by Gasteiger charge is -2.36. The molecule has 0 bridgehead atoms. The minimum atomic E-state index is -0.139. The van der Waals surface area contributed by atoms with Crippen molar-refractivity contribution in [1.29, 1.82) is 0 Å². The van der Waals surface area contributed by atoms with Crippen molar-refractivity contribution in [2.24, 2.45) is 0 Å². The first-order valence-electron chi connectivity index (χ1n) is 10.3. The monoisotopic (exact) mass is 370 g/mol. The van der Waals surface area contributed by atoms with Crippen LogP contribution in [0.25, 0.3) is 0 Å². The van der Waals surface area contributed by atoms with Gasteiger partial charge in [0.1, 0.15) is 5.69 Å². The van der Waals surface area contributed by atoms with Crippen LogP contribution in [0.15, 0.2) is 12.1 Å². The summed E-state index contributed by atoms with van der Waals surface area (Å²) in [4.78, 5) is 15.0. The van der Waals surface area contributed by atoms with Gasteiger partial charge in [0.25, 0.3) is 5.91 Å². The van der Waals surface area contributed by atoms with Crippen molar-refractivity contribution in [2.75, 3.05) is 6.54 Å². The second-order valence-electron chi connectivity index (χ2n) is 7.78. The van der Waals surface area contributed by atoms with E-state index in [1.165, 1.54) is 37.8 Å². The van der Waals surface area contributed by atoms with Gasteiger partial charge in [0.05, 0.1) is 24.5 Å². The topological polar surface area (TPSA) is 68.0 Å². The van der Waals surface area contributed by atoms with E-state index in [1.807, 2.05) is 24.6 Å². The smallest absolute Gasteiger partial charge is 0.272 e. The Labute approximate surface area is 160 Å². The highest BCUT2D eigenvalue weighted by molar-refractivity contribution is 5.92. The van der Waals surface area contributed by atoms with Gasteiger partial charge in [-0.1, -0.05) is 19.3 Å². The molecule has 146 valence electrons. The van der Waals surface area contributed by atoms with E-state index in [0.29, 0.717) is 12.2 Å². The first kappa shape index (κ1) is 18.2. The molecular weight excluding hydrogens is 340 g/mol. The average Bonchev–Trinajstić information content (AvgIpc) is 3.28. The predicted molar refractivity (Wildman–Crippen MR) is 103 cm³/mol. The number of carbonyl (C=O) groups is 1. The summed E-state index contributed by atoms with van der Waals surface area (Å²) in [5.74, 6) is -0.139. The van der Waals surface area contributed by atoms with Crippen LogP contribution in [-0.4, -0.2) is 43.0 Å². The Kier molecular flexibility index (Phi) is 5.29. The Balaban J connectivity index is 1.36. The van der Waals surface area contributed by atoms with Crippen LogP contribution in [0.4, 0.5) is 0 Å². The van der Waals surface area contributed by atoms with Crippen LogP contribution >= 0.6 is 0 Å². The summed E-state index contributed by atoms with van der Waals surface area (Å²) in [5.41, 5.74) is 3.67. The summed E-state index contributed by atoms with van der Waals surface area (Å²) in [6.45, 7) is 8.21. The van der Waals surface area contributed by atoms with Crippen molar-refractivity contribution in [3.8, 4) is 0 Å². The van der Waals surface area contributed by atoms with Gasteiger partial charge in [0.2, 0.25) is 0 Å². The molecule has 1 N–H and O–H groups in total. The van der Waals surface area contributed by atoms with Crippen LogP contribution in [0, 0.1) is 6.92 Å². The highest BCUT2D eigenvalue weighted by Crippen LogP contribution is 2.26. The normalized spacial score (nSPS) is 18.4. The minimum absolute atomic E-state index is 0.139. The van der Waals surface area contributed by atoms with Gasteiger partial charge in [0.15, 0.2) is 0 Å². The summed E-state index contributed by atoms with van der Waals surface area (Å²) in [7, 11) is 0.